The Morgan fingerprint density at radius 2 is 1.27 bits per heavy atom. The van der Waals surface area contributed by atoms with Crippen LogP contribution in [0, 0.1) is 10.1 Å². The number of para-hydroxylation sites is 1. The van der Waals surface area contributed by atoms with Crippen molar-refractivity contribution in [3.05, 3.63) is 123 Å². The first-order valence-corrected chi connectivity index (χ1v) is 13.4. The summed E-state index contributed by atoms with van der Waals surface area (Å²) in [6, 6.07) is 13.7. The lowest BCUT2D eigenvalue weighted by molar-refractivity contribution is -0.385. The van der Waals surface area contributed by atoms with E-state index in [9.17, 15) is 19.7 Å². The summed E-state index contributed by atoms with van der Waals surface area (Å²) in [5.41, 5.74) is 3.33. The van der Waals surface area contributed by atoms with Gasteiger partial charge in [-0.05, 0) is 74.9 Å². The Labute approximate surface area is 238 Å². The Morgan fingerprint density at radius 1 is 0.805 bits per heavy atom. The molecule has 0 unspecified atom stereocenters. The van der Waals surface area contributed by atoms with Crippen LogP contribution in [-0.2, 0) is 31.9 Å². The highest BCUT2D eigenvalue weighted by Crippen LogP contribution is 2.42. The number of rotatable bonds is 12. The maximum atomic E-state index is 13.5. The summed E-state index contributed by atoms with van der Waals surface area (Å²) in [5, 5.41) is 15.1. The van der Waals surface area contributed by atoms with Crippen molar-refractivity contribution in [1.82, 2.24) is 15.3 Å². The van der Waals surface area contributed by atoms with Gasteiger partial charge < -0.3 is 14.8 Å². The minimum absolute atomic E-state index is 0.137. The Balaban J connectivity index is 1.55. The fourth-order valence-electron chi connectivity index (χ4n) is 4.88. The minimum Gasteiger partial charge on any atom is -0.462 e. The van der Waals surface area contributed by atoms with E-state index in [1.165, 1.54) is 6.07 Å². The largest absolute Gasteiger partial charge is 0.462 e. The number of dihydropyridines is 1. The number of carbonyl (C=O) groups is 2. The highest BCUT2D eigenvalue weighted by molar-refractivity contribution is 6.00. The molecule has 0 amide bonds. The summed E-state index contributed by atoms with van der Waals surface area (Å²) in [6.45, 7) is 3.66. The predicted octanol–water partition coefficient (Wildman–Crippen LogP) is 4.97. The van der Waals surface area contributed by atoms with Gasteiger partial charge in [-0.3, -0.25) is 20.1 Å². The number of aryl methyl sites for hydroxylation is 2. The molecule has 1 aromatic carbocycles. The molecule has 10 nitrogen and oxygen atoms in total. The van der Waals surface area contributed by atoms with E-state index in [4.69, 9.17) is 9.47 Å². The van der Waals surface area contributed by atoms with Gasteiger partial charge in [-0.2, -0.15) is 0 Å². The van der Waals surface area contributed by atoms with E-state index >= 15 is 0 Å². The molecule has 212 valence electrons. The molecule has 0 spiro atoms. The van der Waals surface area contributed by atoms with Gasteiger partial charge in [0.25, 0.3) is 5.69 Å². The van der Waals surface area contributed by atoms with Crippen molar-refractivity contribution in [3.63, 3.8) is 0 Å². The van der Waals surface area contributed by atoms with Gasteiger partial charge in [-0.15, -0.1) is 0 Å². The van der Waals surface area contributed by atoms with Crippen molar-refractivity contribution in [2.24, 2.45) is 0 Å². The number of nitrogens with zero attached hydrogens (tertiary/aromatic N) is 3. The SMILES string of the molecule is CC1=C(C(=O)OCCCc2ccncc2)C(c2ccccc2[N+](=O)[O-])C(C(=O)OCCCc2ccncc2)=C(C)N1. The molecule has 0 atom stereocenters. The fourth-order valence-corrected chi connectivity index (χ4v) is 4.88. The van der Waals surface area contributed by atoms with Crippen LogP contribution in [0.5, 0.6) is 0 Å². The van der Waals surface area contributed by atoms with Crippen LogP contribution in [0.1, 0.15) is 49.3 Å². The summed E-state index contributed by atoms with van der Waals surface area (Å²) in [7, 11) is 0. The molecule has 2 aromatic heterocycles. The molecule has 0 saturated heterocycles. The molecule has 1 aliphatic heterocycles. The van der Waals surface area contributed by atoms with E-state index in [0.29, 0.717) is 37.1 Å². The van der Waals surface area contributed by atoms with Gasteiger partial charge in [0.15, 0.2) is 0 Å². The Morgan fingerprint density at radius 3 is 1.73 bits per heavy atom. The molecule has 3 aromatic rings. The third-order valence-electron chi connectivity index (χ3n) is 6.83. The molecule has 0 saturated carbocycles. The van der Waals surface area contributed by atoms with Gasteiger partial charge in [0, 0.05) is 47.8 Å². The smallest absolute Gasteiger partial charge is 0.336 e. The zero-order valence-corrected chi connectivity index (χ0v) is 23.0. The van der Waals surface area contributed by atoms with Crippen molar-refractivity contribution in [3.8, 4) is 0 Å². The molecule has 0 bridgehead atoms. The lowest BCUT2D eigenvalue weighted by atomic mass is 9.79. The zero-order valence-electron chi connectivity index (χ0n) is 23.0. The molecule has 0 fully saturated rings. The van der Waals surface area contributed by atoms with Crippen LogP contribution in [0.3, 0.4) is 0 Å². The Bertz CT molecular complexity index is 1370. The molecule has 10 heteroatoms. The summed E-state index contributed by atoms with van der Waals surface area (Å²) >= 11 is 0. The number of nitro benzene ring substituents is 1. The summed E-state index contributed by atoms with van der Waals surface area (Å²) < 4.78 is 11.3. The summed E-state index contributed by atoms with van der Waals surface area (Å²) in [4.78, 5) is 46.5. The molecule has 41 heavy (non-hydrogen) atoms. The highest BCUT2D eigenvalue weighted by Gasteiger charge is 2.40. The second-order valence-electron chi connectivity index (χ2n) is 9.64. The van der Waals surface area contributed by atoms with Gasteiger partial charge in [-0.1, -0.05) is 18.2 Å². The Kier molecular flexibility index (Phi) is 9.93. The van der Waals surface area contributed by atoms with E-state index in [0.717, 1.165) is 11.1 Å². The summed E-state index contributed by atoms with van der Waals surface area (Å²) in [6.07, 6.45) is 9.35. The van der Waals surface area contributed by atoms with Crippen LogP contribution in [0.2, 0.25) is 0 Å². The van der Waals surface area contributed by atoms with E-state index < -0.39 is 22.8 Å². The van der Waals surface area contributed by atoms with Crippen molar-refractivity contribution in [1.29, 1.82) is 0 Å². The van der Waals surface area contributed by atoms with Crippen LogP contribution in [0.4, 0.5) is 5.69 Å². The molecule has 0 radical (unpaired) electrons. The molecular weight excluding hydrogens is 524 g/mol. The fraction of sp³-hybridized carbons (Fsp3) is 0.290. The van der Waals surface area contributed by atoms with Gasteiger partial charge in [0.05, 0.1) is 35.2 Å². The van der Waals surface area contributed by atoms with E-state index in [-0.39, 0.29) is 35.6 Å². The van der Waals surface area contributed by atoms with Crippen molar-refractivity contribution in [2.75, 3.05) is 13.2 Å². The third-order valence-corrected chi connectivity index (χ3v) is 6.83. The first-order valence-electron chi connectivity index (χ1n) is 13.4. The average molecular weight is 557 g/mol. The normalized spacial score (nSPS) is 13.5. The molecule has 4 rings (SSSR count). The van der Waals surface area contributed by atoms with Crippen molar-refractivity contribution in [2.45, 2.75) is 45.4 Å². The van der Waals surface area contributed by atoms with Crippen LogP contribution in [0.15, 0.2) is 95.9 Å². The van der Waals surface area contributed by atoms with Crippen molar-refractivity contribution >= 4 is 17.6 Å². The monoisotopic (exact) mass is 556 g/mol. The lowest BCUT2D eigenvalue weighted by Crippen LogP contribution is -2.33. The highest BCUT2D eigenvalue weighted by atomic mass is 16.6. The molecule has 1 N–H and O–H groups in total. The van der Waals surface area contributed by atoms with Crippen molar-refractivity contribution < 1.29 is 24.0 Å². The Hall–Kier alpha value is -4.86. The predicted molar refractivity (Wildman–Crippen MR) is 151 cm³/mol. The maximum Gasteiger partial charge on any atom is 0.336 e. The number of carbonyl (C=O) groups excluding carboxylic acids is 2. The number of hydrogen-bond donors (Lipinski definition) is 1. The van der Waals surface area contributed by atoms with Gasteiger partial charge in [-0.25, -0.2) is 9.59 Å². The molecule has 3 heterocycles. The molecular formula is C31H32N4O6. The van der Waals surface area contributed by atoms with Gasteiger partial charge in [0.2, 0.25) is 0 Å². The minimum atomic E-state index is -1.04. The lowest BCUT2D eigenvalue weighted by Gasteiger charge is -2.30. The topological polar surface area (TPSA) is 134 Å². The van der Waals surface area contributed by atoms with Crippen LogP contribution < -0.4 is 5.32 Å². The molecule has 0 aliphatic carbocycles. The number of pyridine rings is 2. The number of benzene rings is 1. The van der Waals surface area contributed by atoms with Crippen LogP contribution in [-0.4, -0.2) is 40.0 Å². The maximum absolute atomic E-state index is 13.5. The zero-order chi connectivity index (χ0) is 29.2. The van der Waals surface area contributed by atoms with Crippen LogP contribution in [0.25, 0.3) is 0 Å². The number of esters is 2. The summed E-state index contributed by atoms with van der Waals surface area (Å²) in [5.74, 6) is -2.34. The van der Waals surface area contributed by atoms with E-state index in [1.807, 2.05) is 24.3 Å². The first-order chi connectivity index (χ1) is 19.9. The number of allylic oxidation sites excluding steroid dienone is 2. The number of hydrogen-bond acceptors (Lipinski definition) is 9. The standard InChI is InChI=1S/C31H32N4O6/c1-21-27(30(36)40-19-5-7-23-11-15-32-16-12-23)29(25-9-3-4-10-26(25)35(38)39)28(22(2)34-21)31(37)41-20-6-8-24-13-17-33-18-14-24/h3-4,9-18,29,34H,5-8,19-20H2,1-2H3. The van der Waals surface area contributed by atoms with E-state index in [2.05, 4.69) is 15.3 Å². The second-order valence-corrected chi connectivity index (χ2v) is 9.64. The van der Waals surface area contributed by atoms with Gasteiger partial charge >= 0.3 is 11.9 Å². The van der Waals surface area contributed by atoms with E-state index in [1.54, 1.807) is 56.8 Å². The third kappa shape index (κ3) is 7.42. The number of nitrogens with one attached hydrogen (secondary N) is 1. The van der Waals surface area contributed by atoms with Crippen LogP contribution >= 0.6 is 0 Å². The van der Waals surface area contributed by atoms with Gasteiger partial charge in [0.1, 0.15) is 0 Å². The first kappa shape index (κ1) is 29.1. The second kappa shape index (κ2) is 14.0. The quantitative estimate of drug-likeness (QED) is 0.142. The number of aromatic nitrogens is 2. The number of ether oxygens (including phenoxy) is 2. The average Bonchev–Trinajstić information content (AvgIpc) is 2.98. The number of nitro groups is 1. The molecule has 1 aliphatic rings.